The molecule has 1 heterocycles. The van der Waals surface area contributed by atoms with Crippen molar-refractivity contribution in [3.63, 3.8) is 0 Å². The Bertz CT molecular complexity index is 880. The van der Waals surface area contributed by atoms with Gasteiger partial charge in [-0.2, -0.15) is 17.5 Å². The van der Waals surface area contributed by atoms with Crippen LogP contribution in [0.1, 0.15) is 10.4 Å². The lowest BCUT2D eigenvalue weighted by Gasteiger charge is -2.12. The zero-order chi connectivity index (χ0) is 18.0. The highest BCUT2D eigenvalue weighted by molar-refractivity contribution is 9.10. The summed E-state index contributed by atoms with van der Waals surface area (Å²) in [6, 6.07) is 13.5. The molecule has 0 amide bonds. The van der Waals surface area contributed by atoms with E-state index in [1.165, 1.54) is 0 Å². The summed E-state index contributed by atoms with van der Waals surface area (Å²) >= 11 is 9.58. The average molecular weight is 449 g/mol. The van der Waals surface area contributed by atoms with E-state index in [0.717, 1.165) is 0 Å². The Balaban J connectivity index is 1.98. The molecule has 0 spiro atoms. The molecule has 2 nitrogen and oxygen atoms in total. The maximum atomic E-state index is 13.3. The zero-order valence-electron chi connectivity index (χ0n) is 12.5. The standard InChI is InChI=1S/C17H10BrClF3NOS/c18-13-3-1-2-4-14(13)24-9-12-15(10-5-7-11(19)8-6-10)23-25-16(12)17(20,21)22/h1-8H,9H2. The van der Waals surface area contributed by atoms with Crippen LogP contribution >= 0.6 is 39.1 Å². The molecule has 0 aliphatic rings. The maximum absolute atomic E-state index is 13.3. The highest BCUT2D eigenvalue weighted by atomic mass is 79.9. The van der Waals surface area contributed by atoms with Crippen LogP contribution in [-0.4, -0.2) is 4.37 Å². The number of para-hydroxylation sites is 1. The van der Waals surface area contributed by atoms with Crippen molar-refractivity contribution < 1.29 is 17.9 Å². The molecular formula is C17H10BrClF3NOS. The first kappa shape index (κ1) is 18.2. The minimum absolute atomic E-state index is 0.00979. The molecule has 0 aliphatic carbocycles. The Kier molecular flexibility index (Phi) is 5.36. The molecule has 0 bridgehead atoms. The van der Waals surface area contributed by atoms with Gasteiger partial charge in [-0.25, -0.2) is 0 Å². The average Bonchev–Trinajstić information content (AvgIpc) is 2.99. The molecule has 0 radical (unpaired) electrons. The monoisotopic (exact) mass is 447 g/mol. The Morgan fingerprint density at radius 2 is 1.76 bits per heavy atom. The van der Waals surface area contributed by atoms with Crippen molar-refractivity contribution in [3.8, 4) is 17.0 Å². The van der Waals surface area contributed by atoms with Crippen molar-refractivity contribution >= 4 is 39.1 Å². The molecule has 0 fully saturated rings. The number of hydrogen-bond acceptors (Lipinski definition) is 3. The van der Waals surface area contributed by atoms with Crippen LogP contribution in [0.2, 0.25) is 5.02 Å². The van der Waals surface area contributed by atoms with Crippen molar-refractivity contribution in [3.05, 3.63) is 68.5 Å². The second kappa shape index (κ2) is 7.35. The smallest absolute Gasteiger partial charge is 0.427 e. The van der Waals surface area contributed by atoms with Crippen LogP contribution < -0.4 is 4.74 Å². The van der Waals surface area contributed by atoms with E-state index in [4.69, 9.17) is 16.3 Å². The number of aromatic nitrogens is 1. The molecule has 0 unspecified atom stereocenters. The Hall–Kier alpha value is -1.57. The Morgan fingerprint density at radius 3 is 2.40 bits per heavy atom. The van der Waals surface area contributed by atoms with Gasteiger partial charge in [0.1, 0.15) is 17.2 Å². The lowest BCUT2D eigenvalue weighted by atomic mass is 10.1. The first-order chi connectivity index (χ1) is 11.9. The van der Waals surface area contributed by atoms with Gasteiger partial charge >= 0.3 is 6.18 Å². The van der Waals surface area contributed by atoms with E-state index in [-0.39, 0.29) is 17.9 Å². The molecule has 0 atom stereocenters. The molecular weight excluding hydrogens is 439 g/mol. The van der Waals surface area contributed by atoms with Gasteiger partial charge in [0.15, 0.2) is 0 Å². The predicted molar refractivity (Wildman–Crippen MR) is 96.0 cm³/mol. The number of alkyl halides is 3. The van der Waals surface area contributed by atoms with Crippen molar-refractivity contribution in [1.82, 2.24) is 4.37 Å². The third-order valence-corrected chi connectivity index (χ3v) is 5.21. The van der Waals surface area contributed by atoms with Crippen LogP contribution in [0.5, 0.6) is 5.75 Å². The minimum Gasteiger partial charge on any atom is -0.488 e. The molecule has 1 aromatic heterocycles. The number of rotatable bonds is 4. The van der Waals surface area contributed by atoms with Gasteiger partial charge < -0.3 is 4.74 Å². The molecule has 3 rings (SSSR count). The van der Waals surface area contributed by atoms with Gasteiger partial charge in [-0.3, -0.25) is 0 Å². The van der Waals surface area contributed by atoms with E-state index in [2.05, 4.69) is 20.3 Å². The van der Waals surface area contributed by atoms with E-state index >= 15 is 0 Å². The first-order valence-electron chi connectivity index (χ1n) is 7.05. The second-order valence-corrected chi connectivity index (χ2v) is 7.13. The molecule has 8 heteroatoms. The summed E-state index contributed by atoms with van der Waals surface area (Å²) in [5, 5.41) is 0.501. The normalized spacial score (nSPS) is 11.6. The number of nitrogens with zero attached hydrogens (tertiary/aromatic N) is 1. The van der Waals surface area contributed by atoms with Crippen LogP contribution in [-0.2, 0) is 12.8 Å². The predicted octanol–water partition coefficient (Wildman–Crippen LogP) is 6.82. The van der Waals surface area contributed by atoms with Gasteiger partial charge in [-0.05, 0) is 51.7 Å². The van der Waals surface area contributed by atoms with Gasteiger partial charge in [0, 0.05) is 16.1 Å². The number of ether oxygens (including phenoxy) is 1. The second-order valence-electron chi connectivity index (χ2n) is 5.06. The van der Waals surface area contributed by atoms with Gasteiger partial charge in [-0.15, -0.1) is 0 Å². The fraction of sp³-hybridized carbons (Fsp3) is 0.118. The topological polar surface area (TPSA) is 22.1 Å². The van der Waals surface area contributed by atoms with E-state index in [1.54, 1.807) is 48.5 Å². The SMILES string of the molecule is FC(F)(F)c1snc(-c2ccc(Cl)cc2)c1COc1ccccc1Br. The molecule has 0 saturated carbocycles. The van der Waals surface area contributed by atoms with Gasteiger partial charge in [0.2, 0.25) is 0 Å². The van der Waals surface area contributed by atoms with E-state index in [9.17, 15) is 13.2 Å². The van der Waals surface area contributed by atoms with Crippen LogP contribution in [0.25, 0.3) is 11.3 Å². The van der Waals surface area contributed by atoms with Crippen molar-refractivity contribution in [2.75, 3.05) is 0 Å². The fourth-order valence-corrected chi connectivity index (χ4v) is 3.50. The van der Waals surface area contributed by atoms with Crippen LogP contribution in [0, 0.1) is 0 Å². The first-order valence-corrected chi connectivity index (χ1v) is 8.99. The number of halogens is 5. The molecule has 0 N–H and O–H groups in total. The van der Waals surface area contributed by atoms with Crippen molar-refractivity contribution in [2.45, 2.75) is 12.8 Å². The van der Waals surface area contributed by atoms with Gasteiger partial charge in [-0.1, -0.05) is 35.9 Å². The van der Waals surface area contributed by atoms with E-state index < -0.39 is 11.1 Å². The number of hydrogen-bond donors (Lipinski definition) is 0. The largest absolute Gasteiger partial charge is 0.488 e. The molecule has 0 aliphatic heterocycles. The Morgan fingerprint density at radius 1 is 1.08 bits per heavy atom. The summed E-state index contributed by atoms with van der Waals surface area (Å²) < 4.78 is 50.3. The third kappa shape index (κ3) is 4.16. The Labute approximate surface area is 159 Å². The lowest BCUT2D eigenvalue weighted by molar-refractivity contribution is -0.135. The van der Waals surface area contributed by atoms with E-state index in [1.807, 2.05) is 0 Å². The molecule has 25 heavy (non-hydrogen) atoms. The molecule has 2 aromatic carbocycles. The molecule has 3 aromatic rings. The highest BCUT2D eigenvalue weighted by Gasteiger charge is 2.38. The third-order valence-electron chi connectivity index (χ3n) is 3.37. The summed E-state index contributed by atoms with van der Waals surface area (Å²) in [6.07, 6.45) is -4.49. The van der Waals surface area contributed by atoms with E-state index in [0.29, 0.717) is 32.3 Å². The quantitative estimate of drug-likeness (QED) is 0.437. The molecule has 0 saturated heterocycles. The summed E-state index contributed by atoms with van der Waals surface area (Å²) in [4.78, 5) is -0.760. The number of benzene rings is 2. The lowest BCUT2D eigenvalue weighted by Crippen LogP contribution is -2.08. The minimum atomic E-state index is -4.49. The van der Waals surface area contributed by atoms with Crippen LogP contribution in [0.3, 0.4) is 0 Å². The van der Waals surface area contributed by atoms with Crippen LogP contribution in [0.4, 0.5) is 13.2 Å². The fourth-order valence-electron chi connectivity index (χ4n) is 2.21. The highest BCUT2D eigenvalue weighted by Crippen LogP contribution is 2.40. The van der Waals surface area contributed by atoms with Crippen molar-refractivity contribution in [1.29, 1.82) is 0 Å². The summed E-state index contributed by atoms with van der Waals surface area (Å²) in [7, 11) is 0. The maximum Gasteiger partial charge on any atom is 0.427 e. The summed E-state index contributed by atoms with van der Waals surface area (Å²) in [5.41, 5.74) is 0.818. The zero-order valence-corrected chi connectivity index (χ0v) is 15.6. The van der Waals surface area contributed by atoms with Gasteiger partial charge in [0.05, 0.1) is 10.2 Å². The molecule has 130 valence electrons. The summed E-state index contributed by atoms with van der Waals surface area (Å²) in [5.74, 6) is 0.462. The summed E-state index contributed by atoms with van der Waals surface area (Å²) in [6.45, 7) is -0.244. The van der Waals surface area contributed by atoms with Crippen LogP contribution in [0.15, 0.2) is 53.0 Å². The van der Waals surface area contributed by atoms with Crippen molar-refractivity contribution in [2.24, 2.45) is 0 Å². The van der Waals surface area contributed by atoms with Gasteiger partial charge in [0.25, 0.3) is 0 Å².